The van der Waals surface area contributed by atoms with E-state index < -0.39 is 26.8 Å². The number of ketones is 1. The average Bonchev–Trinajstić information content (AvgIpc) is 2.28. The monoisotopic (exact) mass is 284 g/mol. The van der Waals surface area contributed by atoms with Crippen molar-refractivity contribution in [2.24, 2.45) is 0 Å². The number of esters is 1. The Labute approximate surface area is 112 Å². The lowest BCUT2D eigenvalue weighted by atomic mass is 10.2. The first-order valence-corrected chi connectivity index (χ1v) is 7.33. The number of rotatable bonds is 5. The van der Waals surface area contributed by atoms with Crippen LogP contribution in [0.4, 0.5) is 0 Å². The Morgan fingerprint density at radius 1 is 1.21 bits per heavy atom. The van der Waals surface area contributed by atoms with Crippen LogP contribution >= 0.6 is 0 Å². The zero-order chi connectivity index (χ0) is 14.6. The third-order valence-corrected chi connectivity index (χ3v) is 4.60. The summed E-state index contributed by atoms with van der Waals surface area (Å²) >= 11 is 0. The third kappa shape index (κ3) is 3.41. The standard InChI is InChI=1S/C13H16O5S/c1-4-18-13(15)12(10(3)14)19(16,17)11-7-5-9(2)6-8-11/h5-8,12H,4H2,1-3H3. The summed E-state index contributed by atoms with van der Waals surface area (Å²) in [5.74, 6) is -1.78. The molecule has 0 spiro atoms. The lowest BCUT2D eigenvalue weighted by Gasteiger charge is -2.13. The van der Waals surface area contributed by atoms with Crippen LogP contribution in [0.1, 0.15) is 19.4 Å². The first kappa shape index (κ1) is 15.4. The number of aryl methyl sites for hydroxylation is 1. The SMILES string of the molecule is CCOC(=O)C(C(C)=O)S(=O)(=O)c1ccc(C)cc1. The smallest absolute Gasteiger partial charge is 0.332 e. The second kappa shape index (κ2) is 5.97. The van der Waals surface area contributed by atoms with Crippen LogP contribution in [0.25, 0.3) is 0 Å². The molecule has 1 rings (SSSR count). The van der Waals surface area contributed by atoms with Crippen molar-refractivity contribution in [3.05, 3.63) is 29.8 Å². The molecular weight excluding hydrogens is 268 g/mol. The fraction of sp³-hybridized carbons (Fsp3) is 0.385. The normalized spacial score (nSPS) is 12.8. The molecule has 0 N–H and O–H groups in total. The van der Waals surface area contributed by atoms with E-state index in [0.717, 1.165) is 12.5 Å². The summed E-state index contributed by atoms with van der Waals surface area (Å²) in [6.45, 7) is 4.44. The third-order valence-electron chi connectivity index (χ3n) is 2.53. The minimum absolute atomic E-state index is 0.0199. The maximum Gasteiger partial charge on any atom is 0.332 e. The van der Waals surface area contributed by atoms with Gasteiger partial charge in [0.2, 0.25) is 5.25 Å². The molecule has 0 fully saturated rings. The van der Waals surface area contributed by atoms with Crippen LogP contribution in [0.3, 0.4) is 0 Å². The van der Waals surface area contributed by atoms with Gasteiger partial charge in [0.1, 0.15) is 0 Å². The van der Waals surface area contributed by atoms with Crippen molar-refractivity contribution >= 4 is 21.6 Å². The molecule has 6 heteroatoms. The molecule has 104 valence electrons. The van der Waals surface area contributed by atoms with Gasteiger partial charge in [0, 0.05) is 0 Å². The highest BCUT2D eigenvalue weighted by Gasteiger charge is 2.39. The number of Topliss-reactive ketones (excluding diaryl/α,β-unsaturated/α-hetero) is 1. The van der Waals surface area contributed by atoms with E-state index in [1.54, 1.807) is 19.1 Å². The van der Waals surface area contributed by atoms with Gasteiger partial charge >= 0.3 is 5.97 Å². The summed E-state index contributed by atoms with van der Waals surface area (Å²) in [6, 6.07) is 5.96. The van der Waals surface area contributed by atoms with Crippen LogP contribution < -0.4 is 0 Å². The highest BCUT2D eigenvalue weighted by molar-refractivity contribution is 7.93. The lowest BCUT2D eigenvalue weighted by molar-refractivity contribution is -0.144. The zero-order valence-electron chi connectivity index (χ0n) is 11.0. The molecule has 0 saturated carbocycles. The number of hydrogen-bond acceptors (Lipinski definition) is 5. The van der Waals surface area contributed by atoms with E-state index in [1.165, 1.54) is 12.1 Å². The molecule has 0 bridgehead atoms. The Morgan fingerprint density at radius 2 is 1.74 bits per heavy atom. The van der Waals surface area contributed by atoms with E-state index in [-0.39, 0.29) is 11.5 Å². The van der Waals surface area contributed by atoms with Crippen LogP contribution in [0.15, 0.2) is 29.2 Å². The number of hydrogen-bond donors (Lipinski definition) is 0. The minimum Gasteiger partial charge on any atom is -0.465 e. The van der Waals surface area contributed by atoms with Gasteiger partial charge in [0.25, 0.3) is 0 Å². The summed E-state index contributed by atoms with van der Waals surface area (Å²) in [5.41, 5.74) is 0.884. The Bertz CT molecular complexity index is 572. The van der Waals surface area contributed by atoms with Crippen LogP contribution in [-0.2, 0) is 24.2 Å². The quantitative estimate of drug-likeness (QED) is 0.601. The van der Waals surface area contributed by atoms with E-state index >= 15 is 0 Å². The van der Waals surface area contributed by atoms with Gasteiger partial charge in [-0.1, -0.05) is 17.7 Å². The Morgan fingerprint density at radius 3 is 2.16 bits per heavy atom. The van der Waals surface area contributed by atoms with E-state index in [0.29, 0.717) is 0 Å². The van der Waals surface area contributed by atoms with Gasteiger partial charge in [0.05, 0.1) is 11.5 Å². The predicted molar refractivity (Wildman–Crippen MR) is 69.5 cm³/mol. The largest absolute Gasteiger partial charge is 0.465 e. The molecule has 0 radical (unpaired) electrons. The highest BCUT2D eigenvalue weighted by atomic mass is 32.2. The molecule has 0 aromatic heterocycles. The van der Waals surface area contributed by atoms with Crippen molar-refractivity contribution < 1.29 is 22.7 Å². The number of benzene rings is 1. The second-order valence-corrected chi connectivity index (χ2v) is 6.13. The molecule has 1 aromatic rings. The number of carbonyl (C=O) groups is 2. The van der Waals surface area contributed by atoms with E-state index in [1.807, 2.05) is 6.92 Å². The topological polar surface area (TPSA) is 77.5 Å². The van der Waals surface area contributed by atoms with E-state index in [4.69, 9.17) is 0 Å². The maximum atomic E-state index is 12.3. The van der Waals surface area contributed by atoms with E-state index in [9.17, 15) is 18.0 Å². The van der Waals surface area contributed by atoms with Gasteiger partial charge in [0.15, 0.2) is 15.6 Å². The van der Waals surface area contributed by atoms with Gasteiger partial charge in [-0.2, -0.15) is 0 Å². The molecule has 19 heavy (non-hydrogen) atoms. The van der Waals surface area contributed by atoms with Crippen molar-refractivity contribution in [2.45, 2.75) is 30.9 Å². The van der Waals surface area contributed by atoms with Crippen LogP contribution in [-0.4, -0.2) is 32.0 Å². The molecule has 0 aliphatic rings. The molecule has 1 unspecified atom stereocenters. The van der Waals surface area contributed by atoms with Crippen molar-refractivity contribution in [1.82, 2.24) is 0 Å². The molecule has 0 saturated heterocycles. The van der Waals surface area contributed by atoms with Crippen molar-refractivity contribution in [2.75, 3.05) is 6.61 Å². The number of ether oxygens (including phenoxy) is 1. The first-order chi connectivity index (χ1) is 8.80. The van der Waals surface area contributed by atoms with Crippen LogP contribution in [0, 0.1) is 6.92 Å². The number of carbonyl (C=O) groups excluding carboxylic acids is 2. The van der Waals surface area contributed by atoms with Gasteiger partial charge in [-0.05, 0) is 32.9 Å². The van der Waals surface area contributed by atoms with Crippen molar-refractivity contribution in [3.8, 4) is 0 Å². The summed E-state index contributed by atoms with van der Waals surface area (Å²) in [6.07, 6.45) is 0. The van der Waals surface area contributed by atoms with Gasteiger partial charge in [-0.15, -0.1) is 0 Å². The molecule has 5 nitrogen and oxygen atoms in total. The van der Waals surface area contributed by atoms with Gasteiger partial charge in [-0.3, -0.25) is 9.59 Å². The van der Waals surface area contributed by atoms with E-state index in [2.05, 4.69) is 4.74 Å². The summed E-state index contributed by atoms with van der Waals surface area (Å²) in [5, 5.41) is -1.80. The maximum absolute atomic E-state index is 12.3. The Hall–Kier alpha value is -1.69. The average molecular weight is 284 g/mol. The molecule has 0 heterocycles. The molecular formula is C13H16O5S. The van der Waals surface area contributed by atoms with Crippen molar-refractivity contribution in [3.63, 3.8) is 0 Å². The zero-order valence-corrected chi connectivity index (χ0v) is 11.9. The minimum atomic E-state index is -4.06. The first-order valence-electron chi connectivity index (χ1n) is 5.78. The lowest BCUT2D eigenvalue weighted by Crippen LogP contribution is -2.38. The van der Waals surface area contributed by atoms with Crippen molar-refractivity contribution in [1.29, 1.82) is 0 Å². The van der Waals surface area contributed by atoms with Gasteiger partial charge < -0.3 is 4.74 Å². The Balaban J connectivity index is 3.24. The highest BCUT2D eigenvalue weighted by Crippen LogP contribution is 2.18. The Kier molecular flexibility index (Phi) is 4.83. The van der Waals surface area contributed by atoms with Crippen LogP contribution in [0.5, 0.6) is 0 Å². The summed E-state index contributed by atoms with van der Waals surface area (Å²) < 4.78 is 29.2. The molecule has 0 amide bonds. The fourth-order valence-corrected chi connectivity index (χ4v) is 3.14. The molecule has 0 aliphatic heterocycles. The second-order valence-electron chi connectivity index (χ2n) is 4.10. The predicted octanol–water partition coefficient (Wildman–Crippen LogP) is 1.29. The number of sulfone groups is 1. The van der Waals surface area contributed by atoms with Gasteiger partial charge in [-0.25, -0.2) is 8.42 Å². The molecule has 1 aromatic carbocycles. The summed E-state index contributed by atoms with van der Waals surface area (Å²) in [7, 11) is -4.06. The molecule has 1 atom stereocenters. The van der Waals surface area contributed by atoms with Crippen LogP contribution in [0.2, 0.25) is 0 Å². The molecule has 0 aliphatic carbocycles. The summed E-state index contributed by atoms with van der Waals surface area (Å²) in [4.78, 5) is 23.1. The fourth-order valence-electron chi connectivity index (χ4n) is 1.59.